The van der Waals surface area contributed by atoms with Crippen molar-refractivity contribution in [2.45, 2.75) is 19.4 Å². The van der Waals surface area contributed by atoms with Crippen LogP contribution in [0.15, 0.2) is 30.3 Å². The van der Waals surface area contributed by atoms with Crippen LogP contribution in [0, 0.1) is 0 Å². The van der Waals surface area contributed by atoms with Gasteiger partial charge in [-0.25, -0.2) is 4.79 Å². The Balaban J connectivity index is 1.35. The fraction of sp³-hybridized carbons (Fsp3) is 0.611. The summed E-state index contributed by atoms with van der Waals surface area (Å²) in [6.07, 6.45) is 2.19. The Morgan fingerprint density at radius 1 is 1.00 bits per heavy atom. The lowest BCUT2D eigenvalue weighted by Crippen LogP contribution is -2.28. The molecular weight excluding hydrogens is 308 g/mol. The third-order valence-electron chi connectivity index (χ3n) is 3.85. The molecule has 2 rings (SSSR count). The number of hydrogen-bond acceptors (Lipinski definition) is 5. The van der Waals surface area contributed by atoms with Gasteiger partial charge in [-0.1, -0.05) is 30.3 Å². The van der Waals surface area contributed by atoms with Gasteiger partial charge < -0.3 is 24.4 Å². The number of likely N-dealkylation sites (tertiary alicyclic amines) is 1. The molecule has 0 bridgehead atoms. The van der Waals surface area contributed by atoms with Gasteiger partial charge in [-0.2, -0.15) is 0 Å². The van der Waals surface area contributed by atoms with Crippen LogP contribution in [0.1, 0.15) is 18.4 Å². The largest absolute Gasteiger partial charge is 0.445 e. The minimum Gasteiger partial charge on any atom is -0.445 e. The molecule has 0 aromatic heterocycles. The molecule has 0 spiro atoms. The first-order valence-electron chi connectivity index (χ1n) is 8.67. The third kappa shape index (κ3) is 8.29. The van der Waals surface area contributed by atoms with Gasteiger partial charge in [0.15, 0.2) is 0 Å². The summed E-state index contributed by atoms with van der Waals surface area (Å²) >= 11 is 0. The summed E-state index contributed by atoms with van der Waals surface area (Å²) in [6.45, 7) is 6.46. The van der Waals surface area contributed by atoms with Crippen LogP contribution in [0.2, 0.25) is 0 Å². The monoisotopic (exact) mass is 336 g/mol. The number of amides is 1. The summed E-state index contributed by atoms with van der Waals surface area (Å²) in [7, 11) is 0. The summed E-state index contributed by atoms with van der Waals surface area (Å²) in [5.74, 6) is 0. The second-order valence-corrected chi connectivity index (χ2v) is 5.76. The molecule has 1 heterocycles. The van der Waals surface area contributed by atoms with Crippen LogP contribution in [0.3, 0.4) is 0 Å². The van der Waals surface area contributed by atoms with Crippen molar-refractivity contribution in [1.82, 2.24) is 10.2 Å². The standard InChI is InChI=1S/C18H28N2O4/c21-18(24-16-17-6-2-1-3-7-17)19-8-12-22-14-15-23-13-11-20-9-4-5-10-20/h1-3,6-7H,4-5,8-16H2,(H,19,21). The number of benzene rings is 1. The van der Waals surface area contributed by atoms with Crippen LogP contribution in [-0.4, -0.2) is 63.6 Å². The van der Waals surface area contributed by atoms with Gasteiger partial charge >= 0.3 is 6.09 Å². The average molecular weight is 336 g/mol. The van der Waals surface area contributed by atoms with Crippen LogP contribution in [0.4, 0.5) is 4.79 Å². The van der Waals surface area contributed by atoms with E-state index >= 15 is 0 Å². The molecule has 1 amide bonds. The molecule has 0 unspecified atom stereocenters. The maximum atomic E-state index is 11.5. The van der Waals surface area contributed by atoms with Crippen LogP contribution in [0.5, 0.6) is 0 Å². The molecule has 1 saturated heterocycles. The molecule has 1 aromatic rings. The molecule has 0 saturated carbocycles. The van der Waals surface area contributed by atoms with Crippen molar-refractivity contribution in [1.29, 1.82) is 0 Å². The van der Waals surface area contributed by atoms with Gasteiger partial charge in [-0.05, 0) is 31.5 Å². The van der Waals surface area contributed by atoms with Crippen molar-refractivity contribution in [3.8, 4) is 0 Å². The Labute approximate surface area is 144 Å². The van der Waals surface area contributed by atoms with Gasteiger partial charge in [-0.15, -0.1) is 0 Å². The molecule has 24 heavy (non-hydrogen) atoms. The lowest BCUT2D eigenvalue weighted by atomic mass is 10.2. The number of nitrogens with zero attached hydrogens (tertiary/aromatic N) is 1. The second kappa shape index (κ2) is 11.8. The van der Waals surface area contributed by atoms with E-state index < -0.39 is 6.09 Å². The van der Waals surface area contributed by atoms with Gasteiger partial charge in [0.25, 0.3) is 0 Å². The Hall–Kier alpha value is -1.63. The van der Waals surface area contributed by atoms with E-state index in [-0.39, 0.29) is 6.61 Å². The number of hydrogen-bond donors (Lipinski definition) is 1. The maximum absolute atomic E-state index is 11.5. The predicted molar refractivity (Wildman–Crippen MR) is 91.9 cm³/mol. The van der Waals surface area contributed by atoms with Gasteiger partial charge in [0.2, 0.25) is 0 Å². The predicted octanol–water partition coefficient (Wildman–Crippen LogP) is 2.04. The molecule has 0 aliphatic carbocycles. The molecule has 6 nitrogen and oxygen atoms in total. The first-order chi connectivity index (χ1) is 11.8. The summed E-state index contributed by atoms with van der Waals surface area (Å²) in [5.41, 5.74) is 0.968. The van der Waals surface area contributed by atoms with Crippen molar-refractivity contribution >= 4 is 6.09 Å². The molecule has 1 fully saturated rings. The molecule has 1 N–H and O–H groups in total. The normalized spacial score (nSPS) is 14.7. The van der Waals surface area contributed by atoms with Crippen LogP contribution in [-0.2, 0) is 20.8 Å². The zero-order valence-electron chi connectivity index (χ0n) is 14.2. The molecule has 0 atom stereocenters. The van der Waals surface area contributed by atoms with E-state index in [1.54, 1.807) is 0 Å². The molecule has 6 heteroatoms. The van der Waals surface area contributed by atoms with Crippen molar-refractivity contribution in [2.75, 3.05) is 52.6 Å². The molecule has 1 aromatic carbocycles. The topological polar surface area (TPSA) is 60.0 Å². The van der Waals surface area contributed by atoms with E-state index in [4.69, 9.17) is 14.2 Å². The SMILES string of the molecule is O=C(NCCOCCOCCN1CCCC1)OCc1ccccc1. The fourth-order valence-electron chi connectivity index (χ4n) is 2.52. The van der Waals surface area contributed by atoms with E-state index in [1.807, 2.05) is 30.3 Å². The van der Waals surface area contributed by atoms with Crippen molar-refractivity contribution in [2.24, 2.45) is 0 Å². The highest BCUT2D eigenvalue weighted by Crippen LogP contribution is 2.05. The fourth-order valence-corrected chi connectivity index (χ4v) is 2.52. The Bertz CT molecular complexity index is 450. The van der Waals surface area contributed by atoms with Gasteiger partial charge in [0.1, 0.15) is 6.61 Å². The second-order valence-electron chi connectivity index (χ2n) is 5.76. The van der Waals surface area contributed by atoms with E-state index in [1.165, 1.54) is 25.9 Å². The quantitative estimate of drug-likeness (QED) is 0.627. The highest BCUT2D eigenvalue weighted by Gasteiger charge is 2.10. The third-order valence-corrected chi connectivity index (χ3v) is 3.85. The van der Waals surface area contributed by atoms with Crippen molar-refractivity contribution in [3.63, 3.8) is 0 Å². The first kappa shape index (κ1) is 18.7. The van der Waals surface area contributed by atoms with Crippen LogP contribution >= 0.6 is 0 Å². The van der Waals surface area contributed by atoms with Crippen LogP contribution < -0.4 is 5.32 Å². The number of ether oxygens (including phenoxy) is 3. The zero-order chi connectivity index (χ0) is 16.9. The Morgan fingerprint density at radius 3 is 2.46 bits per heavy atom. The molecule has 0 radical (unpaired) electrons. The molecule has 134 valence electrons. The Kier molecular flexibility index (Phi) is 9.23. The van der Waals surface area contributed by atoms with Gasteiger partial charge in [0, 0.05) is 13.1 Å². The zero-order valence-corrected chi connectivity index (χ0v) is 14.2. The van der Waals surface area contributed by atoms with E-state index in [0.29, 0.717) is 26.4 Å². The minimum atomic E-state index is -0.427. The first-order valence-corrected chi connectivity index (χ1v) is 8.67. The average Bonchev–Trinajstić information content (AvgIpc) is 3.13. The molecule has 1 aliphatic rings. The van der Waals surface area contributed by atoms with E-state index in [0.717, 1.165) is 18.7 Å². The Morgan fingerprint density at radius 2 is 1.71 bits per heavy atom. The molecular formula is C18H28N2O4. The van der Waals surface area contributed by atoms with E-state index in [2.05, 4.69) is 10.2 Å². The smallest absolute Gasteiger partial charge is 0.407 e. The number of alkyl carbamates (subject to hydrolysis) is 1. The summed E-state index contributed by atoms with van der Waals surface area (Å²) in [6, 6.07) is 9.59. The summed E-state index contributed by atoms with van der Waals surface area (Å²) in [5, 5.41) is 2.66. The van der Waals surface area contributed by atoms with Crippen LogP contribution in [0.25, 0.3) is 0 Å². The summed E-state index contributed by atoms with van der Waals surface area (Å²) < 4.78 is 16.0. The maximum Gasteiger partial charge on any atom is 0.407 e. The highest BCUT2D eigenvalue weighted by atomic mass is 16.5. The summed E-state index contributed by atoms with van der Waals surface area (Å²) in [4.78, 5) is 13.9. The molecule has 1 aliphatic heterocycles. The lowest BCUT2D eigenvalue weighted by Gasteiger charge is -2.14. The van der Waals surface area contributed by atoms with Gasteiger partial charge in [0.05, 0.1) is 26.4 Å². The number of carbonyl (C=O) groups excluding carboxylic acids is 1. The van der Waals surface area contributed by atoms with Crippen molar-refractivity contribution < 1.29 is 19.0 Å². The number of nitrogens with one attached hydrogen (secondary N) is 1. The lowest BCUT2D eigenvalue weighted by molar-refractivity contribution is 0.0412. The van der Waals surface area contributed by atoms with Gasteiger partial charge in [-0.3, -0.25) is 0 Å². The number of carbonyl (C=O) groups is 1. The highest BCUT2D eigenvalue weighted by molar-refractivity contribution is 5.67. The minimum absolute atomic E-state index is 0.276. The number of rotatable bonds is 11. The van der Waals surface area contributed by atoms with E-state index in [9.17, 15) is 4.79 Å². The van der Waals surface area contributed by atoms with Crippen molar-refractivity contribution in [3.05, 3.63) is 35.9 Å².